The molecule has 3 heterocycles. The first-order valence-corrected chi connectivity index (χ1v) is 6.68. The minimum atomic E-state index is 0.283. The van der Waals surface area contributed by atoms with Gasteiger partial charge in [0.25, 0.3) is 0 Å². The number of pyridine rings is 1. The molecule has 6 nitrogen and oxygen atoms in total. The van der Waals surface area contributed by atoms with E-state index in [2.05, 4.69) is 15.4 Å². The summed E-state index contributed by atoms with van der Waals surface area (Å²) < 4.78 is 16.2. The van der Waals surface area contributed by atoms with Crippen LogP contribution in [0, 0.1) is 0 Å². The van der Waals surface area contributed by atoms with Crippen LogP contribution in [-0.4, -0.2) is 43.1 Å². The van der Waals surface area contributed by atoms with Crippen LogP contribution in [0.2, 0.25) is 0 Å². The fraction of sp³-hybridized carbons (Fsp3) is 0.357. The molecule has 1 aromatic heterocycles. The highest BCUT2D eigenvalue weighted by molar-refractivity contribution is 5.94. The van der Waals surface area contributed by atoms with E-state index in [0.717, 1.165) is 54.4 Å². The van der Waals surface area contributed by atoms with Gasteiger partial charge < -0.3 is 19.6 Å². The Morgan fingerprint density at radius 2 is 1.90 bits per heavy atom. The van der Waals surface area contributed by atoms with Gasteiger partial charge >= 0.3 is 0 Å². The van der Waals surface area contributed by atoms with E-state index in [-0.39, 0.29) is 6.79 Å². The van der Waals surface area contributed by atoms with Crippen LogP contribution in [0.25, 0.3) is 10.8 Å². The summed E-state index contributed by atoms with van der Waals surface area (Å²) in [5, 5.41) is 4.24. The van der Waals surface area contributed by atoms with Gasteiger partial charge in [0.1, 0.15) is 5.82 Å². The van der Waals surface area contributed by atoms with E-state index in [0.29, 0.717) is 0 Å². The van der Waals surface area contributed by atoms with Crippen molar-refractivity contribution in [1.82, 2.24) is 9.99 Å². The maximum absolute atomic E-state index is 5.44. The molecule has 0 aliphatic carbocycles. The number of rotatable bonds is 2. The molecule has 2 aliphatic rings. The zero-order valence-corrected chi connectivity index (χ0v) is 11.0. The Labute approximate surface area is 116 Å². The number of hydrogen-bond donors (Lipinski definition) is 1. The van der Waals surface area contributed by atoms with Crippen LogP contribution in [0.1, 0.15) is 0 Å². The minimum Gasteiger partial charge on any atom is -0.454 e. The topological polar surface area (TPSA) is 55.9 Å². The molecule has 1 saturated heterocycles. The lowest BCUT2D eigenvalue weighted by atomic mass is 10.1. The molecule has 0 bridgehead atoms. The highest BCUT2D eigenvalue weighted by Gasteiger charge is 2.17. The number of aromatic nitrogens is 1. The Morgan fingerprint density at radius 3 is 2.75 bits per heavy atom. The van der Waals surface area contributed by atoms with Gasteiger partial charge in [0.2, 0.25) is 6.79 Å². The summed E-state index contributed by atoms with van der Waals surface area (Å²) >= 11 is 0. The van der Waals surface area contributed by atoms with Crippen LogP contribution < -0.4 is 14.9 Å². The molecule has 20 heavy (non-hydrogen) atoms. The summed E-state index contributed by atoms with van der Waals surface area (Å²) in [5.74, 6) is 2.40. The summed E-state index contributed by atoms with van der Waals surface area (Å²) in [4.78, 5) is 4.44. The zero-order valence-electron chi connectivity index (χ0n) is 11.0. The summed E-state index contributed by atoms with van der Waals surface area (Å²) in [5.41, 5.74) is 3.36. The molecule has 1 aromatic carbocycles. The standard InChI is InChI=1S/C14H15N3O3/c1-2-15-14(16-17-3-5-18-6-4-17)11-8-13-12(7-10(1)11)19-9-20-13/h1-2,7-8H,3-6,9H2,(H,15,16). The van der Waals surface area contributed by atoms with Gasteiger partial charge in [-0.25, -0.2) is 9.99 Å². The van der Waals surface area contributed by atoms with Crippen LogP contribution in [0.15, 0.2) is 24.4 Å². The molecular weight excluding hydrogens is 258 g/mol. The highest BCUT2D eigenvalue weighted by Crippen LogP contribution is 2.37. The van der Waals surface area contributed by atoms with Crippen LogP contribution in [0.3, 0.4) is 0 Å². The minimum absolute atomic E-state index is 0.283. The highest BCUT2D eigenvalue weighted by atomic mass is 16.7. The fourth-order valence-corrected chi connectivity index (χ4v) is 2.48. The number of nitrogens with zero attached hydrogens (tertiary/aromatic N) is 2. The zero-order chi connectivity index (χ0) is 13.4. The van der Waals surface area contributed by atoms with Crippen molar-refractivity contribution in [2.75, 3.05) is 38.5 Å². The van der Waals surface area contributed by atoms with E-state index < -0.39 is 0 Å². The third-order valence-corrected chi connectivity index (χ3v) is 3.53. The second kappa shape index (κ2) is 4.81. The Morgan fingerprint density at radius 1 is 1.10 bits per heavy atom. The first-order valence-electron chi connectivity index (χ1n) is 6.68. The Balaban J connectivity index is 1.71. The largest absolute Gasteiger partial charge is 0.454 e. The summed E-state index contributed by atoms with van der Waals surface area (Å²) in [6.07, 6.45) is 1.80. The number of hydrogen-bond acceptors (Lipinski definition) is 6. The molecule has 2 aromatic rings. The van der Waals surface area contributed by atoms with Crippen LogP contribution in [0.4, 0.5) is 5.82 Å². The van der Waals surface area contributed by atoms with Gasteiger partial charge in [0.15, 0.2) is 11.5 Å². The van der Waals surface area contributed by atoms with Crippen molar-refractivity contribution in [3.8, 4) is 11.5 Å². The predicted molar refractivity (Wildman–Crippen MR) is 73.9 cm³/mol. The van der Waals surface area contributed by atoms with Crippen molar-refractivity contribution in [3.05, 3.63) is 24.4 Å². The smallest absolute Gasteiger partial charge is 0.231 e. The van der Waals surface area contributed by atoms with Crippen molar-refractivity contribution in [2.45, 2.75) is 0 Å². The Bertz CT molecular complexity index is 641. The molecule has 0 unspecified atom stereocenters. The lowest BCUT2D eigenvalue weighted by Crippen LogP contribution is -2.40. The molecule has 0 saturated carbocycles. The lowest BCUT2D eigenvalue weighted by molar-refractivity contribution is 0.0495. The van der Waals surface area contributed by atoms with Crippen LogP contribution in [-0.2, 0) is 4.74 Å². The van der Waals surface area contributed by atoms with Gasteiger partial charge in [-0.05, 0) is 23.6 Å². The monoisotopic (exact) mass is 273 g/mol. The van der Waals surface area contributed by atoms with Gasteiger partial charge in [-0.1, -0.05) is 0 Å². The second-order valence-corrected chi connectivity index (χ2v) is 4.80. The number of hydrazine groups is 1. The first kappa shape index (κ1) is 11.7. The van der Waals surface area contributed by atoms with E-state index in [9.17, 15) is 0 Å². The predicted octanol–water partition coefficient (Wildman–Crippen LogP) is 1.62. The van der Waals surface area contributed by atoms with Crippen LogP contribution in [0.5, 0.6) is 11.5 Å². The van der Waals surface area contributed by atoms with E-state index in [1.54, 1.807) is 6.20 Å². The number of benzene rings is 1. The lowest BCUT2D eigenvalue weighted by Gasteiger charge is -2.27. The van der Waals surface area contributed by atoms with Gasteiger partial charge in [-0.3, -0.25) is 0 Å². The van der Waals surface area contributed by atoms with E-state index >= 15 is 0 Å². The summed E-state index contributed by atoms with van der Waals surface area (Å²) in [6, 6.07) is 5.94. The molecule has 2 aliphatic heterocycles. The normalized spacial score (nSPS) is 18.4. The molecule has 6 heteroatoms. The Hall–Kier alpha value is -2.05. The van der Waals surface area contributed by atoms with E-state index in [4.69, 9.17) is 14.2 Å². The molecule has 0 spiro atoms. The number of ether oxygens (including phenoxy) is 3. The molecular formula is C14H15N3O3. The third kappa shape index (κ3) is 2.03. The van der Waals surface area contributed by atoms with Gasteiger partial charge in [0, 0.05) is 24.7 Å². The number of nitrogens with one attached hydrogen (secondary N) is 1. The van der Waals surface area contributed by atoms with Crippen LogP contribution >= 0.6 is 0 Å². The first-order chi connectivity index (χ1) is 9.90. The van der Waals surface area contributed by atoms with E-state index in [1.165, 1.54) is 0 Å². The van der Waals surface area contributed by atoms with Crippen molar-refractivity contribution >= 4 is 16.6 Å². The van der Waals surface area contributed by atoms with E-state index in [1.807, 2.05) is 18.2 Å². The van der Waals surface area contributed by atoms with Crippen molar-refractivity contribution < 1.29 is 14.2 Å². The summed E-state index contributed by atoms with van der Waals surface area (Å²) in [6.45, 7) is 3.46. The number of fused-ring (bicyclic) bond motifs is 2. The third-order valence-electron chi connectivity index (χ3n) is 3.53. The average Bonchev–Trinajstić information content (AvgIpc) is 2.94. The summed E-state index contributed by atoms with van der Waals surface area (Å²) in [7, 11) is 0. The van der Waals surface area contributed by atoms with Gasteiger partial charge in [0.05, 0.1) is 13.2 Å². The molecule has 1 N–H and O–H groups in total. The van der Waals surface area contributed by atoms with Crippen molar-refractivity contribution in [1.29, 1.82) is 0 Å². The van der Waals surface area contributed by atoms with Crippen molar-refractivity contribution in [2.24, 2.45) is 0 Å². The quantitative estimate of drug-likeness (QED) is 0.897. The van der Waals surface area contributed by atoms with Gasteiger partial charge in [-0.15, -0.1) is 0 Å². The maximum Gasteiger partial charge on any atom is 0.231 e. The maximum atomic E-state index is 5.44. The molecule has 0 atom stereocenters. The Kier molecular flexibility index (Phi) is 2.82. The number of morpholine rings is 1. The SMILES string of the molecule is c1cc2cc3c(cc2c(NN2CCOCC2)n1)OCO3. The number of anilines is 1. The second-order valence-electron chi connectivity index (χ2n) is 4.80. The average molecular weight is 273 g/mol. The fourth-order valence-electron chi connectivity index (χ4n) is 2.48. The molecule has 4 rings (SSSR count). The molecule has 104 valence electrons. The molecule has 1 fully saturated rings. The molecule has 0 radical (unpaired) electrons. The van der Waals surface area contributed by atoms with Gasteiger partial charge in [-0.2, -0.15) is 0 Å². The van der Waals surface area contributed by atoms with Crippen molar-refractivity contribution in [3.63, 3.8) is 0 Å². The molecule has 0 amide bonds.